The number of benzene rings is 1. The number of allylic oxidation sites excluding steroid dienone is 2. The van der Waals surface area contributed by atoms with Crippen molar-refractivity contribution in [2.45, 2.75) is 31.7 Å². The standard InChI is InChI=1S/C27H29ClFN5/c1-33(2)19-10-13-34(14-11-19)20-16-26-25(31-17-20)9-8-24(32-26)21-5-3-4-12-30-27(21)22-15-18(28)6-7-23(22)29/h4,6-9,12,15-17,19,30H,3,5,10-11,13-14H2,1-2H3. The number of piperidine rings is 1. The molecule has 0 unspecified atom stereocenters. The van der Waals surface area contributed by atoms with E-state index in [0.717, 1.165) is 66.8 Å². The van der Waals surface area contributed by atoms with Crippen LogP contribution in [-0.4, -0.2) is 48.1 Å². The fourth-order valence-electron chi connectivity index (χ4n) is 4.83. The van der Waals surface area contributed by atoms with E-state index in [1.165, 1.54) is 6.07 Å². The Bertz CT molecular complexity index is 1260. The van der Waals surface area contributed by atoms with Crippen LogP contribution in [0.2, 0.25) is 5.02 Å². The third-order valence-corrected chi connectivity index (χ3v) is 7.03. The number of hydrogen-bond donors (Lipinski definition) is 1. The highest BCUT2D eigenvalue weighted by Gasteiger charge is 2.22. The Balaban J connectivity index is 1.52. The Morgan fingerprint density at radius 2 is 1.91 bits per heavy atom. The van der Waals surface area contributed by atoms with Crippen molar-refractivity contribution in [3.63, 3.8) is 0 Å². The Morgan fingerprint density at radius 1 is 1.09 bits per heavy atom. The van der Waals surface area contributed by atoms with Gasteiger partial charge in [0.1, 0.15) is 5.82 Å². The summed E-state index contributed by atoms with van der Waals surface area (Å²) in [5, 5.41) is 3.77. The third-order valence-electron chi connectivity index (χ3n) is 6.80. The summed E-state index contributed by atoms with van der Waals surface area (Å²) in [6.45, 7) is 2.02. The first kappa shape index (κ1) is 22.8. The lowest BCUT2D eigenvalue weighted by molar-refractivity contribution is 0.249. The molecule has 5 rings (SSSR count). The van der Waals surface area contributed by atoms with Crippen molar-refractivity contribution < 1.29 is 4.39 Å². The van der Waals surface area contributed by atoms with Crippen LogP contribution >= 0.6 is 11.6 Å². The minimum Gasteiger partial charge on any atom is -0.370 e. The number of pyridine rings is 2. The Labute approximate surface area is 205 Å². The smallest absolute Gasteiger partial charge is 0.132 e. The van der Waals surface area contributed by atoms with Crippen LogP contribution in [0.1, 0.15) is 36.9 Å². The van der Waals surface area contributed by atoms with Crippen molar-refractivity contribution >= 4 is 39.6 Å². The average molecular weight is 478 g/mol. The molecule has 4 heterocycles. The zero-order valence-corrected chi connectivity index (χ0v) is 20.3. The summed E-state index contributed by atoms with van der Waals surface area (Å²) in [5.74, 6) is -0.314. The summed E-state index contributed by atoms with van der Waals surface area (Å²) < 4.78 is 14.8. The van der Waals surface area contributed by atoms with E-state index in [0.29, 0.717) is 22.3 Å². The molecule has 1 saturated heterocycles. The van der Waals surface area contributed by atoms with Gasteiger partial charge in [-0.2, -0.15) is 0 Å². The fraction of sp³-hybridized carbons (Fsp3) is 0.333. The predicted molar refractivity (Wildman–Crippen MR) is 138 cm³/mol. The van der Waals surface area contributed by atoms with E-state index in [-0.39, 0.29) is 5.82 Å². The summed E-state index contributed by atoms with van der Waals surface area (Å²) >= 11 is 6.20. The van der Waals surface area contributed by atoms with Crippen molar-refractivity contribution in [2.24, 2.45) is 0 Å². The summed E-state index contributed by atoms with van der Waals surface area (Å²) in [7, 11) is 4.30. The van der Waals surface area contributed by atoms with Gasteiger partial charge >= 0.3 is 0 Å². The molecule has 2 aliphatic heterocycles. The molecule has 7 heteroatoms. The maximum absolute atomic E-state index is 14.8. The first-order valence-corrected chi connectivity index (χ1v) is 12.2. The second-order valence-electron chi connectivity index (χ2n) is 9.17. The molecular weight excluding hydrogens is 449 g/mol. The molecular formula is C27H29ClFN5. The van der Waals surface area contributed by atoms with Crippen LogP contribution in [0.5, 0.6) is 0 Å². The Hall–Kier alpha value is -2.96. The number of nitrogens with one attached hydrogen (secondary N) is 1. The van der Waals surface area contributed by atoms with Gasteiger partial charge in [0.15, 0.2) is 0 Å². The van der Waals surface area contributed by atoms with E-state index in [4.69, 9.17) is 16.6 Å². The van der Waals surface area contributed by atoms with Crippen LogP contribution in [0.25, 0.3) is 22.3 Å². The highest BCUT2D eigenvalue weighted by molar-refractivity contribution is 6.30. The lowest BCUT2D eigenvalue weighted by atomic mass is 9.99. The molecule has 1 fully saturated rings. The molecule has 176 valence electrons. The van der Waals surface area contributed by atoms with Gasteiger partial charge in [0.2, 0.25) is 0 Å². The molecule has 0 amide bonds. The van der Waals surface area contributed by atoms with Gasteiger partial charge < -0.3 is 15.1 Å². The van der Waals surface area contributed by atoms with Gasteiger partial charge in [0.05, 0.1) is 34.3 Å². The predicted octanol–water partition coefficient (Wildman–Crippen LogP) is 5.72. The van der Waals surface area contributed by atoms with E-state index in [9.17, 15) is 4.39 Å². The Morgan fingerprint density at radius 3 is 2.71 bits per heavy atom. The maximum atomic E-state index is 14.8. The second-order valence-corrected chi connectivity index (χ2v) is 9.61. The van der Waals surface area contributed by atoms with Gasteiger partial charge in [-0.25, -0.2) is 9.37 Å². The number of rotatable bonds is 4. The van der Waals surface area contributed by atoms with Gasteiger partial charge in [-0.05, 0) is 82.4 Å². The average Bonchev–Trinajstić information content (AvgIpc) is 3.11. The van der Waals surface area contributed by atoms with Crippen LogP contribution in [-0.2, 0) is 0 Å². The monoisotopic (exact) mass is 477 g/mol. The van der Waals surface area contributed by atoms with Gasteiger partial charge in [0, 0.05) is 35.3 Å². The molecule has 0 atom stereocenters. The molecule has 0 saturated carbocycles. The molecule has 1 aromatic carbocycles. The number of hydrogen-bond acceptors (Lipinski definition) is 5. The normalized spacial score (nSPS) is 17.4. The topological polar surface area (TPSA) is 44.3 Å². The number of halogens is 2. The van der Waals surface area contributed by atoms with Crippen molar-refractivity contribution in [3.8, 4) is 0 Å². The van der Waals surface area contributed by atoms with Crippen molar-refractivity contribution in [1.29, 1.82) is 0 Å². The molecule has 0 aliphatic carbocycles. The van der Waals surface area contributed by atoms with Gasteiger partial charge in [-0.3, -0.25) is 4.98 Å². The SMILES string of the molecule is CN(C)C1CCN(c2cnc3ccc(C4=C(c5cc(Cl)ccc5F)NC=CCC4)nc3c2)CC1. The van der Waals surface area contributed by atoms with Crippen LogP contribution in [0.4, 0.5) is 10.1 Å². The largest absolute Gasteiger partial charge is 0.370 e. The van der Waals surface area contributed by atoms with E-state index in [1.54, 1.807) is 12.1 Å². The number of fused-ring (bicyclic) bond motifs is 1. The zero-order valence-electron chi connectivity index (χ0n) is 19.6. The lowest BCUT2D eigenvalue weighted by Gasteiger charge is -2.36. The highest BCUT2D eigenvalue weighted by Crippen LogP contribution is 2.33. The van der Waals surface area contributed by atoms with Crippen molar-refractivity contribution in [3.05, 3.63) is 77.0 Å². The molecule has 34 heavy (non-hydrogen) atoms. The van der Waals surface area contributed by atoms with Gasteiger partial charge in [0.25, 0.3) is 0 Å². The molecule has 0 bridgehead atoms. The minimum absolute atomic E-state index is 0.314. The molecule has 2 aliphatic rings. The molecule has 1 N–H and O–H groups in total. The summed E-state index contributed by atoms with van der Waals surface area (Å²) in [5.41, 5.74) is 5.74. The maximum Gasteiger partial charge on any atom is 0.132 e. The molecule has 2 aromatic heterocycles. The summed E-state index contributed by atoms with van der Waals surface area (Å²) in [6, 6.07) is 11.4. The van der Waals surface area contributed by atoms with E-state index in [2.05, 4.69) is 40.3 Å². The van der Waals surface area contributed by atoms with Crippen LogP contribution < -0.4 is 10.2 Å². The van der Waals surface area contributed by atoms with Crippen molar-refractivity contribution in [1.82, 2.24) is 20.2 Å². The first-order chi connectivity index (χ1) is 16.5. The van der Waals surface area contributed by atoms with Crippen molar-refractivity contribution in [2.75, 3.05) is 32.1 Å². The molecule has 3 aromatic rings. The van der Waals surface area contributed by atoms with E-state index < -0.39 is 0 Å². The van der Waals surface area contributed by atoms with Gasteiger partial charge in [-0.1, -0.05) is 17.7 Å². The summed E-state index contributed by atoms with van der Waals surface area (Å²) in [4.78, 5) is 14.4. The molecule has 0 radical (unpaired) electrons. The quantitative estimate of drug-likeness (QED) is 0.520. The van der Waals surface area contributed by atoms with Crippen LogP contribution in [0.15, 0.2) is 54.9 Å². The van der Waals surface area contributed by atoms with Crippen LogP contribution in [0.3, 0.4) is 0 Å². The zero-order chi connectivity index (χ0) is 23.7. The number of anilines is 1. The molecule has 0 spiro atoms. The number of nitrogens with zero attached hydrogens (tertiary/aromatic N) is 4. The highest BCUT2D eigenvalue weighted by atomic mass is 35.5. The van der Waals surface area contributed by atoms with E-state index in [1.807, 2.05) is 30.6 Å². The van der Waals surface area contributed by atoms with E-state index >= 15 is 0 Å². The minimum atomic E-state index is -0.314. The fourth-order valence-corrected chi connectivity index (χ4v) is 5.00. The first-order valence-electron chi connectivity index (χ1n) is 11.8. The lowest BCUT2D eigenvalue weighted by Crippen LogP contribution is -2.42. The van der Waals surface area contributed by atoms with Gasteiger partial charge in [-0.15, -0.1) is 0 Å². The summed E-state index contributed by atoms with van der Waals surface area (Å²) in [6.07, 6.45) is 9.72. The number of aromatic nitrogens is 2. The Kier molecular flexibility index (Phi) is 6.53. The van der Waals surface area contributed by atoms with Crippen LogP contribution in [0, 0.1) is 5.82 Å². The third kappa shape index (κ3) is 4.65. The second kappa shape index (κ2) is 9.72. The molecule has 5 nitrogen and oxygen atoms in total.